The Morgan fingerprint density at radius 3 is 2.41 bits per heavy atom. The average Bonchev–Trinajstić information content (AvgIpc) is 2.40. The van der Waals surface area contributed by atoms with Gasteiger partial charge in [0.2, 0.25) is 0 Å². The topological polar surface area (TPSA) is 84.5 Å². The first-order valence-corrected chi connectivity index (χ1v) is 7.21. The number of carbonyl (C=O) groups is 3. The van der Waals surface area contributed by atoms with Crippen LogP contribution in [0.1, 0.15) is 26.3 Å². The summed E-state index contributed by atoms with van der Waals surface area (Å²) < 4.78 is 4.99. The summed E-state index contributed by atoms with van der Waals surface area (Å²) in [5.74, 6) is -1.29. The molecule has 120 valence electrons. The van der Waals surface area contributed by atoms with Crippen LogP contribution in [0, 0.1) is 0 Å². The third kappa shape index (κ3) is 6.13. The SMILES string of the molecule is CC(C)NC(=O)NC(=O)[C@@H](C)OC(=O)Cc1ccccc1Cl. The van der Waals surface area contributed by atoms with Crippen molar-refractivity contribution >= 4 is 29.5 Å². The molecule has 0 aromatic heterocycles. The van der Waals surface area contributed by atoms with Gasteiger partial charge in [0.05, 0.1) is 6.42 Å². The molecule has 3 amide bonds. The van der Waals surface area contributed by atoms with E-state index < -0.39 is 24.0 Å². The maximum Gasteiger partial charge on any atom is 0.321 e. The van der Waals surface area contributed by atoms with Crippen LogP contribution in [-0.4, -0.2) is 30.1 Å². The van der Waals surface area contributed by atoms with Crippen molar-refractivity contribution in [3.8, 4) is 0 Å². The third-order valence-electron chi connectivity index (χ3n) is 2.63. The van der Waals surface area contributed by atoms with Crippen LogP contribution in [0.25, 0.3) is 0 Å². The number of urea groups is 1. The molecule has 0 aliphatic carbocycles. The molecular weight excluding hydrogens is 308 g/mol. The van der Waals surface area contributed by atoms with Crippen LogP contribution in [0.4, 0.5) is 4.79 Å². The summed E-state index contributed by atoms with van der Waals surface area (Å²) in [5, 5.41) is 5.05. The number of rotatable bonds is 5. The van der Waals surface area contributed by atoms with E-state index >= 15 is 0 Å². The minimum Gasteiger partial charge on any atom is -0.452 e. The van der Waals surface area contributed by atoms with Crippen molar-refractivity contribution in [2.45, 2.75) is 39.3 Å². The molecule has 1 atom stereocenters. The molecule has 2 N–H and O–H groups in total. The lowest BCUT2D eigenvalue weighted by Crippen LogP contribution is -2.46. The Morgan fingerprint density at radius 2 is 1.82 bits per heavy atom. The number of imide groups is 1. The number of benzene rings is 1. The number of halogens is 1. The van der Waals surface area contributed by atoms with Gasteiger partial charge in [-0.1, -0.05) is 29.8 Å². The zero-order valence-corrected chi connectivity index (χ0v) is 13.4. The van der Waals surface area contributed by atoms with Gasteiger partial charge in [-0.25, -0.2) is 4.79 Å². The molecule has 0 saturated carbocycles. The zero-order chi connectivity index (χ0) is 16.7. The molecule has 0 unspecified atom stereocenters. The van der Waals surface area contributed by atoms with Crippen LogP contribution in [0.5, 0.6) is 0 Å². The van der Waals surface area contributed by atoms with Crippen molar-refractivity contribution in [2.75, 3.05) is 0 Å². The van der Waals surface area contributed by atoms with Crippen molar-refractivity contribution in [1.82, 2.24) is 10.6 Å². The lowest BCUT2D eigenvalue weighted by molar-refractivity contribution is -0.153. The number of esters is 1. The van der Waals surface area contributed by atoms with Crippen LogP contribution in [0.15, 0.2) is 24.3 Å². The van der Waals surface area contributed by atoms with Gasteiger partial charge in [0.25, 0.3) is 5.91 Å². The summed E-state index contributed by atoms with van der Waals surface area (Å²) in [6.07, 6.45) is -1.12. The van der Waals surface area contributed by atoms with E-state index in [9.17, 15) is 14.4 Å². The molecule has 0 heterocycles. The Morgan fingerprint density at radius 1 is 1.18 bits per heavy atom. The van der Waals surface area contributed by atoms with Crippen molar-refractivity contribution < 1.29 is 19.1 Å². The van der Waals surface area contributed by atoms with Gasteiger partial charge in [0, 0.05) is 11.1 Å². The number of ether oxygens (including phenoxy) is 1. The van der Waals surface area contributed by atoms with E-state index in [1.807, 2.05) is 0 Å². The molecule has 0 aliphatic rings. The summed E-state index contributed by atoms with van der Waals surface area (Å²) >= 11 is 5.94. The fourth-order valence-corrected chi connectivity index (χ4v) is 1.80. The van der Waals surface area contributed by atoms with E-state index in [0.29, 0.717) is 10.6 Å². The Labute approximate surface area is 134 Å². The molecule has 0 bridgehead atoms. The van der Waals surface area contributed by atoms with Gasteiger partial charge < -0.3 is 10.1 Å². The molecule has 6 nitrogen and oxygen atoms in total. The predicted molar refractivity (Wildman–Crippen MR) is 82.5 cm³/mol. The highest BCUT2D eigenvalue weighted by molar-refractivity contribution is 6.31. The lowest BCUT2D eigenvalue weighted by atomic mass is 10.1. The highest BCUT2D eigenvalue weighted by Gasteiger charge is 2.20. The van der Waals surface area contributed by atoms with E-state index in [2.05, 4.69) is 10.6 Å². The monoisotopic (exact) mass is 326 g/mol. The fourth-order valence-electron chi connectivity index (χ4n) is 1.60. The molecule has 0 radical (unpaired) electrons. The fraction of sp³-hybridized carbons (Fsp3) is 0.400. The highest BCUT2D eigenvalue weighted by Crippen LogP contribution is 2.16. The van der Waals surface area contributed by atoms with Gasteiger partial charge in [-0.2, -0.15) is 0 Å². The third-order valence-corrected chi connectivity index (χ3v) is 3.00. The number of amides is 3. The smallest absolute Gasteiger partial charge is 0.321 e. The van der Waals surface area contributed by atoms with Crippen molar-refractivity contribution in [3.05, 3.63) is 34.9 Å². The Hall–Kier alpha value is -2.08. The van der Waals surface area contributed by atoms with Gasteiger partial charge in [0.1, 0.15) is 0 Å². The average molecular weight is 327 g/mol. The van der Waals surface area contributed by atoms with Crippen LogP contribution in [-0.2, 0) is 20.7 Å². The van der Waals surface area contributed by atoms with E-state index in [4.69, 9.17) is 16.3 Å². The normalized spacial score (nSPS) is 11.7. The molecule has 1 aromatic rings. The van der Waals surface area contributed by atoms with E-state index in [1.165, 1.54) is 6.92 Å². The molecule has 0 spiro atoms. The van der Waals surface area contributed by atoms with E-state index in [-0.39, 0.29) is 12.5 Å². The van der Waals surface area contributed by atoms with Gasteiger partial charge in [-0.3, -0.25) is 14.9 Å². The molecule has 0 fully saturated rings. The quantitative estimate of drug-likeness (QED) is 0.811. The number of carbonyl (C=O) groups excluding carboxylic acids is 3. The first-order valence-electron chi connectivity index (χ1n) is 6.84. The molecule has 1 rings (SSSR count). The molecular formula is C15H19ClN2O4. The van der Waals surface area contributed by atoms with Crippen LogP contribution >= 0.6 is 11.6 Å². The summed E-state index contributed by atoms with van der Waals surface area (Å²) in [6, 6.07) is 6.13. The second-order valence-electron chi connectivity index (χ2n) is 5.02. The van der Waals surface area contributed by atoms with E-state index in [0.717, 1.165) is 0 Å². The number of hydrogen-bond acceptors (Lipinski definition) is 4. The maximum absolute atomic E-state index is 11.8. The molecule has 0 saturated heterocycles. The van der Waals surface area contributed by atoms with Crippen molar-refractivity contribution in [3.63, 3.8) is 0 Å². The van der Waals surface area contributed by atoms with Crippen LogP contribution in [0.2, 0.25) is 5.02 Å². The van der Waals surface area contributed by atoms with Crippen molar-refractivity contribution in [2.24, 2.45) is 0 Å². The summed E-state index contributed by atoms with van der Waals surface area (Å²) in [7, 11) is 0. The maximum atomic E-state index is 11.8. The standard InChI is InChI=1S/C15H19ClN2O4/c1-9(2)17-15(21)18-14(20)10(3)22-13(19)8-11-6-4-5-7-12(11)16/h4-7,9-10H,8H2,1-3H3,(H2,17,18,20,21)/t10-/m1/s1. The largest absolute Gasteiger partial charge is 0.452 e. The summed E-state index contributed by atoms with van der Waals surface area (Å²) in [6.45, 7) is 4.91. The summed E-state index contributed by atoms with van der Waals surface area (Å²) in [5.41, 5.74) is 0.610. The van der Waals surface area contributed by atoms with Gasteiger partial charge in [-0.15, -0.1) is 0 Å². The second-order valence-corrected chi connectivity index (χ2v) is 5.42. The van der Waals surface area contributed by atoms with E-state index in [1.54, 1.807) is 38.1 Å². The number of hydrogen-bond donors (Lipinski definition) is 2. The van der Waals surface area contributed by atoms with Gasteiger partial charge in [0.15, 0.2) is 6.10 Å². The second kappa shape index (κ2) is 8.38. The summed E-state index contributed by atoms with van der Waals surface area (Å²) in [4.78, 5) is 34.9. The minimum atomic E-state index is -1.08. The molecule has 22 heavy (non-hydrogen) atoms. The predicted octanol–water partition coefficient (Wildman–Crippen LogP) is 2.05. The number of nitrogens with one attached hydrogen (secondary N) is 2. The van der Waals surface area contributed by atoms with Gasteiger partial charge in [-0.05, 0) is 32.4 Å². The highest BCUT2D eigenvalue weighted by atomic mass is 35.5. The van der Waals surface area contributed by atoms with Crippen molar-refractivity contribution in [1.29, 1.82) is 0 Å². The first kappa shape index (κ1) is 18.0. The molecule has 7 heteroatoms. The van der Waals surface area contributed by atoms with Crippen LogP contribution < -0.4 is 10.6 Å². The zero-order valence-electron chi connectivity index (χ0n) is 12.7. The van der Waals surface area contributed by atoms with Crippen LogP contribution in [0.3, 0.4) is 0 Å². The Balaban J connectivity index is 2.48. The Kier molecular flexibility index (Phi) is 6.85. The van der Waals surface area contributed by atoms with Gasteiger partial charge >= 0.3 is 12.0 Å². The Bertz CT molecular complexity index is 560. The minimum absolute atomic E-state index is 0.0461. The lowest BCUT2D eigenvalue weighted by Gasteiger charge is -2.14. The molecule has 0 aliphatic heterocycles. The molecule has 1 aromatic carbocycles. The first-order chi connectivity index (χ1) is 10.3.